The molecule has 0 unspecified atom stereocenters. The second-order valence-electron chi connectivity index (χ2n) is 5.62. The van der Waals surface area contributed by atoms with Gasteiger partial charge in [-0.3, -0.25) is 0 Å². The van der Waals surface area contributed by atoms with E-state index in [1.54, 1.807) is 18.2 Å². The van der Waals surface area contributed by atoms with Crippen molar-refractivity contribution < 1.29 is 9.84 Å². The van der Waals surface area contributed by atoms with Crippen molar-refractivity contribution in [2.45, 2.75) is 13.2 Å². The number of phenols is 1. The maximum absolute atomic E-state index is 9.73. The largest absolute Gasteiger partial charge is 0.506 e. The van der Waals surface area contributed by atoms with Gasteiger partial charge in [0.2, 0.25) is 0 Å². The van der Waals surface area contributed by atoms with Crippen LogP contribution in [-0.4, -0.2) is 5.11 Å². The molecule has 0 spiro atoms. The fourth-order valence-corrected chi connectivity index (χ4v) is 2.43. The molecular formula is C21H18N2O2. The predicted molar refractivity (Wildman–Crippen MR) is 97.4 cm³/mol. The molecule has 0 amide bonds. The van der Waals surface area contributed by atoms with Crippen molar-refractivity contribution in [3.63, 3.8) is 0 Å². The average Bonchev–Trinajstić information content (AvgIpc) is 2.66. The van der Waals surface area contributed by atoms with E-state index in [1.807, 2.05) is 60.7 Å². The Bertz CT molecular complexity index is 886. The summed E-state index contributed by atoms with van der Waals surface area (Å²) in [5.41, 5.74) is 3.21. The highest BCUT2D eigenvalue weighted by Gasteiger charge is 2.02. The Balaban J connectivity index is 1.60. The maximum Gasteiger partial charge on any atom is 0.135 e. The Hall–Kier alpha value is -3.45. The molecule has 0 heterocycles. The molecular weight excluding hydrogens is 312 g/mol. The zero-order chi connectivity index (χ0) is 17.5. The topological polar surface area (TPSA) is 65.3 Å². The summed E-state index contributed by atoms with van der Waals surface area (Å²) >= 11 is 0. The number of hydrogen-bond donors (Lipinski definition) is 2. The Morgan fingerprint density at radius 2 is 1.72 bits per heavy atom. The van der Waals surface area contributed by atoms with Crippen LogP contribution in [0.2, 0.25) is 0 Å². The number of nitrogens with one attached hydrogen (secondary N) is 1. The number of nitrogens with zero attached hydrogens (tertiary/aromatic N) is 1. The Kier molecular flexibility index (Phi) is 5.18. The van der Waals surface area contributed by atoms with Gasteiger partial charge >= 0.3 is 0 Å². The van der Waals surface area contributed by atoms with Crippen LogP contribution in [0.3, 0.4) is 0 Å². The number of aromatic hydroxyl groups is 1. The zero-order valence-corrected chi connectivity index (χ0v) is 13.6. The van der Waals surface area contributed by atoms with Crippen molar-refractivity contribution in [3.8, 4) is 17.6 Å². The minimum atomic E-state index is -0.0209. The molecule has 4 nitrogen and oxygen atoms in total. The van der Waals surface area contributed by atoms with Crippen LogP contribution >= 0.6 is 0 Å². The van der Waals surface area contributed by atoms with Gasteiger partial charge in [-0.05, 0) is 35.4 Å². The number of rotatable bonds is 6. The number of phenolic OH excluding ortho intramolecular Hbond substituents is 1. The average molecular weight is 330 g/mol. The van der Waals surface area contributed by atoms with Crippen molar-refractivity contribution >= 4 is 5.69 Å². The summed E-state index contributed by atoms with van der Waals surface area (Å²) in [5.74, 6) is 0.790. The summed E-state index contributed by atoms with van der Waals surface area (Å²) in [6.45, 7) is 1.12. The van der Waals surface area contributed by atoms with Crippen LogP contribution in [0.5, 0.6) is 11.5 Å². The lowest BCUT2D eigenvalue weighted by Crippen LogP contribution is -2.00. The summed E-state index contributed by atoms with van der Waals surface area (Å²) in [6, 6.07) is 24.8. The monoisotopic (exact) mass is 330 g/mol. The number of benzene rings is 3. The third kappa shape index (κ3) is 4.52. The van der Waals surface area contributed by atoms with Crippen molar-refractivity contribution in [2.75, 3.05) is 5.32 Å². The highest BCUT2D eigenvalue weighted by molar-refractivity contribution is 5.55. The molecule has 0 saturated carbocycles. The van der Waals surface area contributed by atoms with Crippen molar-refractivity contribution in [1.82, 2.24) is 0 Å². The Labute approximate surface area is 146 Å². The van der Waals surface area contributed by atoms with Crippen LogP contribution in [0, 0.1) is 11.3 Å². The van der Waals surface area contributed by atoms with Crippen LogP contribution in [0.15, 0.2) is 72.8 Å². The molecule has 0 saturated heterocycles. The van der Waals surface area contributed by atoms with E-state index >= 15 is 0 Å². The fraction of sp³-hybridized carbons (Fsp3) is 0.0952. The van der Waals surface area contributed by atoms with Gasteiger partial charge in [0.15, 0.2) is 0 Å². The molecule has 0 bridgehead atoms. The third-order valence-corrected chi connectivity index (χ3v) is 3.76. The lowest BCUT2D eigenvalue weighted by Gasteiger charge is -2.10. The van der Waals surface area contributed by atoms with Crippen LogP contribution in [0.1, 0.15) is 16.7 Å². The minimum Gasteiger partial charge on any atom is -0.506 e. The molecule has 0 atom stereocenters. The standard InChI is InChI=1S/C21H18N2O2/c22-13-18-9-10-19(12-21(18)24)23-14-17-7-4-8-20(11-17)25-15-16-5-2-1-3-6-16/h1-12,23-24H,14-15H2. The summed E-state index contributed by atoms with van der Waals surface area (Å²) in [7, 11) is 0. The van der Waals surface area contributed by atoms with E-state index in [9.17, 15) is 5.11 Å². The lowest BCUT2D eigenvalue weighted by molar-refractivity contribution is 0.306. The molecule has 3 aromatic carbocycles. The maximum atomic E-state index is 9.73. The fourth-order valence-electron chi connectivity index (χ4n) is 2.43. The minimum absolute atomic E-state index is 0.0209. The first-order valence-corrected chi connectivity index (χ1v) is 7.97. The molecule has 0 radical (unpaired) electrons. The molecule has 3 aromatic rings. The van der Waals surface area contributed by atoms with Gasteiger partial charge in [0.1, 0.15) is 24.2 Å². The molecule has 0 aliphatic rings. The first kappa shape index (κ1) is 16.4. The normalized spacial score (nSPS) is 10.0. The zero-order valence-electron chi connectivity index (χ0n) is 13.6. The van der Waals surface area contributed by atoms with Crippen molar-refractivity contribution in [2.24, 2.45) is 0 Å². The van der Waals surface area contributed by atoms with Gasteiger partial charge in [-0.1, -0.05) is 42.5 Å². The first-order valence-electron chi connectivity index (χ1n) is 7.97. The highest BCUT2D eigenvalue weighted by Crippen LogP contribution is 2.22. The SMILES string of the molecule is N#Cc1ccc(NCc2cccc(OCc3ccccc3)c2)cc1O. The van der Waals surface area contributed by atoms with E-state index in [1.165, 1.54) is 0 Å². The molecule has 3 rings (SSSR count). The summed E-state index contributed by atoms with van der Waals surface area (Å²) in [5, 5.41) is 21.8. The summed E-state index contributed by atoms with van der Waals surface area (Å²) in [4.78, 5) is 0. The molecule has 0 aliphatic heterocycles. The molecule has 2 N–H and O–H groups in total. The number of anilines is 1. The molecule has 0 aliphatic carbocycles. The molecule has 124 valence electrons. The van der Waals surface area contributed by atoms with Crippen LogP contribution in [0.4, 0.5) is 5.69 Å². The van der Waals surface area contributed by atoms with Gasteiger partial charge in [-0.15, -0.1) is 0 Å². The van der Waals surface area contributed by atoms with Crippen LogP contribution < -0.4 is 10.1 Å². The van der Waals surface area contributed by atoms with Gasteiger partial charge in [0, 0.05) is 18.3 Å². The molecule has 0 fully saturated rings. The second-order valence-corrected chi connectivity index (χ2v) is 5.62. The summed E-state index contributed by atoms with van der Waals surface area (Å²) in [6.07, 6.45) is 0. The number of ether oxygens (including phenoxy) is 1. The van der Waals surface area contributed by atoms with Crippen molar-refractivity contribution in [1.29, 1.82) is 5.26 Å². The van der Waals surface area contributed by atoms with Crippen LogP contribution in [-0.2, 0) is 13.2 Å². The van der Waals surface area contributed by atoms with Gasteiger partial charge in [0.05, 0.1) is 5.56 Å². The Morgan fingerprint density at radius 3 is 2.48 bits per heavy atom. The van der Waals surface area contributed by atoms with Gasteiger partial charge < -0.3 is 15.2 Å². The number of nitriles is 1. The van der Waals surface area contributed by atoms with Crippen molar-refractivity contribution in [3.05, 3.63) is 89.5 Å². The van der Waals surface area contributed by atoms with Gasteiger partial charge in [0.25, 0.3) is 0 Å². The smallest absolute Gasteiger partial charge is 0.135 e. The van der Waals surface area contributed by atoms with E-state index in [2.05, 4.69) is 5.32 Å². The number of hydrogen-bond acceptors (Lipinski definition) is 4. The van der Waals surface area contributed by atoms with Gasteiger partial charge in [-0.25, -0.2) is 0 Å². The first-order chi connectivity index (χ1) is 12.2. The predicted octanol–water partition coefficient (Wildman–Crippen LogP) is 4.45. The van der Waals surface area contributed by atoms with E-state index < -0.39 is 0 Å². The molecule has 0 aromatic heterocycles. The summed E-state index contributed by atoms with van der Waals surface area (Å²) < 4.78 is 5.83. The second kappa shape index (κ2) is 7.89. The van der Waals surface area contributed by atoms with E-state index in [0.29, 0.717) is 13.2 Å². The van der Waals surface area contributed by atoms with Crippen LogP contribution in [0.25, 0.3) is 0 Å². The van der Waals surface area contributed by atoms with E-state index in [0.717, 1.165) is 22.6 Å². The molecule has 25 heavy (non-hydrogen) atoms. The van der Waals surface area contributed by atoms with E-state index in [-0.39, 0.29) is 11.3 Å². The quantitative estimate of drug-likeness (QED) is 0.700. The third-order valence-electron chi connectivity index (χ3n) is 3.76. The molecule has 4 heteroatoms. The highest BCUT2D eigenvalue weighted by atomic mass is 16.5. The lowest BCUT2D eigenvalue weighted by atomic mass is 10.1. The van der Waals surface area contributed by atoms with E-state index in [4.69, 9.17) is 10.00 Å². The van der Waals surface area contributed by atoms with Gasteiger partial charge in [-0.2, -0.15) is 5.26 Å². The Morgan fingerprint density at radius 1 is 0.920 bits per heavy atom.